The van der Waals surface area contributed by atoms with Crippen molar-refractivity contribution in [1.29, 1.82) is 0 Å². The third-order valence-electron chi connectivity index (χ3n) is 3.67. The van der Waals surface area contributed by atoms with Gasteiger partial charge in [-0.25, -0.2) is 0 Å². The second-order valence-electron chi connectivity index (χ2n) is 6.63. The van der Waals surface area contributed by atoms with Crippen molar-refractivity contribution >= 4 is 5.91 Å². The summed E-state index contributed by atoms with van der Waals surface area (Å²) >= 11 is 0. The minimum atomic E-state index is -0.380. The molecule has 1 heterocycles. The zero-order valence-corrected chi connectivity index (χ0v) is 13.2. The molecule has 0 spiro atoms. The van der Waals surface area contributed by atoms with Gasteiger partial charge in [-0.3, -0.25) is 4.79 Å². The first kappa shape index (κ1) is 16.4. The van der Waals surface area contributed by atoms with Crippen molar-refractivity contribution < 1.29 is 9.53 Å². The van der Waals surface area contributed by atoms with E-state index in [1.54, 1.807) is 7.11 Å². The van der Waals surface area contributed by atoms with Crippen LogP contribution in [0.4, 0.5) is 0 Å². The maximum absolute atomic E-state index is 12.5. The van der Waals surface area contributed by atoms with Crippen LogP contribution in [0, 0.1) is 5.92 Å². The summed E-state index contributed by atoms with van der Waals surface area (Å²) < 4.78 is 5.37. The lowest BCUT2D eigenvalue weighted by Crippen LogP contribution is -2.45. The van der Waals surface area contributed by atoms with E-state index in [4.69, 9.17) is 4.74 Å². The molecule has 1 unspecified atom stereocenters. The molecule has 0 aromatic carbocycles. The highest BCUT2D eigenvalue weighted by Gasteiger charge is 2.27. The van der Waals surface area contributed by atoms with Crippen LogP contribution >= 0.6 is 0 Å². The molecule has 1 aliphatic rings. The van der Waals surface area contributed by atoms with Gasteiger partial charge in [0.1, 0.15) is 0 Å². The maximum atomic E-state index is 12.5. The summed E-state index contributed by atoms with van der Waals surface area (Å²) in [5.74, 6) is 0.699. The van der Waals surface area contributed by atoms with E-state index in [1.807, 2.05) is 18.7 Å². The molecule has 19 heavy (non-hydrogen) atoms. The van der Waals surface area contributed by atoms with Gasteiger partial charge in [0.15, 0.2) is 0 Å². The molecule has 0 radical (unpaired) electrons. The lowest BCUT2D eigenvalue weighted by Gasteiger charge is -2.31. The fourth-order valence-corrected chi connectivity index (χ4v) is 2.45. The maximum Gasteiger partial charge on any atom is 0.225 e. The van der Waals surface area contributed by atoms with Gasteiger partial charge in [0.2, 0.25) is 5.91 Å². The van der Waals surface area contributed by atoms with Crippen LogP contribution in [0.25, 0.3) is 0 Å². The zero-order valence-electron chi connectivity index (χ0n) is 13.2. The van der Waals surface area contributed by atoms with Gasteiger partial charge in [-0.05, 0) is 39.2 Å². The topological polar surface area (TPSA) is 41.6 Å². The predicted octanol–water partition coefficient (Wildman–Crippen LogP) is 2.04. The van der Waals surface area contributed by atoms with Crippen molar-refractivity contribution in [2.24, 2.45) is 5.92 Å². The average molecular weight is 270 g/mol. The summed E-state index contributed by atoms with van der Waals surface area (Å²) in [5, 5.41) is 3.47. The highest BCUT2D eigenvalue weighted by molar-refractivity contribution is 5.77. The second-order valence-corrected chi connectivity index (χ2v) is 6.63. The van der Waals surface area contributed by atoms with Gasteiger partial charge < -0.3 is 15.0 Å². The highest BCUT2D eigenvalue weighted by Crippen LogP contribution is 2.17. The number of nitrogens with one attached hydrogen (secondary N) is 1. The number of hydrogen-bond acceptors (Lipinski definition) is 3. The molecule has 1 fully saturated rings. The Hall–Kier alpha value is -0.610. The van der Waals surface area contributed by atoms with Crippen LogP contribution in [-0.4, -0.2) is 49.2 Å². The fraction of sp³-hybridized carbons (Fsp3) is 0.933. The van der Waals surface area contributed by atoms with Gasteiger partial charge in [0, 0.05) is 26.2 Å². The second kappa shape index (κ2) is 7.25. The van der Waals surface area contributed by atoms with Crippen molar-refractivity contribution in [3.8, 4) is 0 Å². The summed E-state index contributed by atoms with van der Waals surface area (Å²) in [7, 11) is 1.67. The quantitative estimate of drug-likeness (QED) is 0.770. The number of ether oxygens (including phenoxy) is 1. The van der Waals surface area contributed by atoms with E-state index < -0.39 is 0 Å². The molecule has 0 bridgehead atoms. The Morgan fingerprint density at radius 3 is 2.63 bits per heavy atom. The van der Waals surface area contributed by atoms with Gasteiger partial charge in [-0.15, -0.1) is 0 Å². The van der Waals surface area contributed by atoms with Gasteiger partial charge in [-0.2, -0.15) is 0 Å². The molecule has 1 amide bonds. The van der Waals surface area contributed by atoms with E-state index >= 15 is 0 Å². The van der Waals surface area contributed by atoms with Gasteiger partial charge in [-0.1, -0.05) is 13.8 Å². The van der Waals surface area contributed by atoms with Crippen LogP contribution in [0.1, 0.15) is 47.0 Å². The molecule has 1 atom stereocenters. The molecule has 0 aromatic heterocycles. The van der Waals surface area contributed by atoms with Crippen LogP contribution in [0.2, 0.25) is 0 Å². The largest absolute Gasteiger partial charge is 0.378 e. The lowest BCUT2D eigenvalue weighted by molar-refractivity contribution is -0.137. The molecule has 4 nitrogen and oxygen atoms in total. The number of amides is 1. The molecular weight excluding hydrogens is 240 g/mol. The van der Waals surface area contributed by atoms with Crippen molar-refractivity contribution in [2.45, 2.75) is 58.6 Å². The Labute approximate surface area is 117 Å². The van der Waals surface area contributed by atoms with Crippen LogP contribution in [0.3, 0.4) is 0 Å². The normalized spacial score (nSPS) is 20.0. The molecule has 0 aromatic rings. The Morgan fingerprint density at radius 1 is 1.47 bits per heavy atom. The lowest BCUT2D eigenvalue weighted by atomic mass is 10.0. The summed E-state index contributed by atoms with van der Waals surface area (Å²) in [6.07, 6.45) is 2.84. The SMILES string of the molecule is COC(C)(C)CC(=O)N(CC(C)C)CC1CCCN1. The van der Waals surface area contributed by atoms with E-state index in [-0.39, 0.29) is 11.5 Å². The first-order chi connectivity index (χ1) is 8.84. The number of rotatable bonds is 7. The first-order valence-corrected chi connectivity index (χ1v) is 7.40. The molecule has 112 valence electrons. The van der Waals surface area contributed by atoms with E-state index in [0.717, 1.165) is 19.6 Å². The molecule has 0 aliphatic carbocycles. The van der Waals surface area contributed by atoms with E-state index in [9.17, 15) is 4.79 Å². The third-order valence-corrected chi connectivity index (χ3v) is 3.67. The Kier molecular flexibility index (Phi) is 6.27. The number of methoxy groups -OCH3 is 1. The van der Waals surface area contributed by atoms with Crippen LogP contribution < -0.4 is 5.32 Å². The summed E-state index contributed by atoms with van der Waals surface area (Å²) in [6.45, 7) is 11.0. The number of carbonyl (C=O) groups is 1. The molecule has 0 saturated carbocycles. The smallest absolute Gasteiger partial charge is 0.225 e. The summed E-state index contributed by atoms with van der Waals surface area (Å²) in [5.41, 5.74) is -0.380. The zero-order chi connectivity index (χ0) is 14.5. The van der Waals surface area contributed by atoms with Crippen molar-refractivity contribution in [3.05, 3.63) is 0 Å². The fourth-order valence-electron chi connectivity index (χ4n) is 2.45. The summed E-state index contributed by atoms with van der Waals surface area (Å²) in [6, 6.07) is 0.466. The number of hydrogen-bond donors (Lipinski definition) is 1. The molecule has 1 rings (SSSR count). The monoisotopic (exact) mass is 270 g/mol. The van der Waals surface area contributed by atoms with Crippen molar-refractivity contribution in [2.75, 3.05) is 26.7 Å². The van der Waals surface area contributed by atoms with Gasteiger partial charge in [0.05, 0.1) is 12.0 Å². The molecule has 1 N–H and O–H groups in total. The average Bonchev–Trinajstić information content (AvgIpc) is 2.80. The minimum Gasteiger partial charge on any atom is -0.378 e. The predicted molar refractivity (Wildman–Crippen MR) is 78.1 cm³/mol. The Bertz CT molecular complexity index is 284. The van der Waals surface area contributed by atoms with Crippen molar-refractivity contribution in [3.63, 3.8) is 0 Å². The molecule has 1 aliphatic heterocycles. The third kappa shape index (κ3) is 5.91. The first-order valence-electron chi connectivity index (χ1n) is 7.40. The summed E-state index contributed by atoms with van der Waals surface area (Å²) in [4.78, 5) is 14.5. The minimum absolute atomic E-state index is 0.203. The van der Waals surface area contributed by atoms with Crippen molar-refractivity contribution in [1.82, 2.24) is 10.2 Å². The Morgan fingerprint density at radius 2 is 2.16 bits per heavy atom. The van der Waals surface area contributed by atoms with E-state index in [0.29, 0.717) is 18.4 Å². The number of nitrogens with zero attached hydrogens (tertiary/aromatic N) is 1. The van der Waals surface area contributed by atoms with Crippen LogP contribution in [0.15, 0.2) is 0 Å². The van der Waals surface area contributed by atoms with Crippen LogP contribution in [0.5, 0.6) is 0 Å². The Balaban J connectivity index is 2.58. The molecule has 4 heteroatoms. The van der Waals surface area contributed by atoms with Gasteiger partial charge >= 0.3 is 0 Å². The standard InChI is InChI=1S/C15H30N2O2/c1-12(2)10-17(11-13-7-6-8-16-13)14(18)9-15(3,4)19-5/h12-13,16H,6-11H2,1-5H3. The van der Waals surface area contributed by atoms with E-state index in [2.05, 4.69) is 19.2 Å². The molecular formula is C15H30N2O2. The van der Waals surface area contributed by atoms with E-state index in [1.165, 1.54) is 12.8 Å². The number of carbonyl (C=O) groups excluding carboxylic acids is 1. The van der Waals surface area contributed by atoms with Gasteiger partial charge in [0.25, 0.3) is 0 Å². The highest BCUT2D eigenvalue weighted by atomic mass is 16.5. The molecule has 1 saturated heterocycles. The van der Waals surface area contributed by atoms with Crippen LogP contribution in [-0.2, 0) is 9.53 Å².